The number of Topliss-reactive ketones (excluding diaryl/α,β-unsaturated/α-hetero) is 4. The number of nitrogens with zero attached hydrogens (tertiary/aromatic N) is 2. The number of hydrogen-bond acceptors (Lipinski definition) is 9. The molecule has 3 aliphatic carbocycles. The van der Waals surface area contributed by atoms with Crippen molar-refractivity contribution in [1.29, 1.82) is 0 Å². The van der Waals surface area contributed by atoms with Gasteiger partial charge in [-0.05, 0) is 56.5 Å². The fraction of sp³-hybridized carbons (Fsp3) is 0.593. The van der Waals surface area contributed by atoms with Crippen molar-refractivity contribution < 1.29 is 51.7 Å². The highest BCUT2D eigenvalue weighted by Gasteiger charge is 2.69. The molecule has 0 bridgehead atoms. The fourth-order valence-corrected chi connectivity index (χ4v) is 7.39. The van der Waals surface area contributed by atoms with Crippen LogP contribution in [0.25, 0.3) is 0 Å². The van der Waals surface area contributed by atoms with Crippen LogP contribution in [0.5, 0.6) is 5.75 Å². The molecule has 1 aromatic rings. The number of carbonyl (C=O) groups excluding carboxylic acids is 5. The molecule has 2 saturated carbocycles. The SMILES string of the molecule is CN(C)[C@@H]1C(=O)C(C(N)=O)C(=O)[C@@]2(O)C(=O)C3C(=O)c4c(O)cc(CN5CC[C@@H](F)C5)c(C(F)(F)F)c4C[C@H]3C[C@@H]12. The molecule has 7 atom stereocenters. The fourth-order valence-electron chi connectivity index (χ4n) is 7.39. The molecule has 1 aromatic carbocycles. The van der Waals surface area contributed by atoms with E-state index in [4.69, 9.17) is 5.73 Å². The van der Waals surface area contributed by atoms with Crippen molar-refractivity contribution in [2.24, 2.45) is 29.4 Å². The van der Waals surface area contributed by atoms with Gasteiger partial charge in [-0.15, -0.1) is 0 Å². The van der Waals surface area contributed by atoms with Crippen LogP contribution in [0.1, 0.15) is 39.9 Å². The van der Waals surface area contributed by atoms with Gasteiger partial charge < -0.3 is 15.9 Å². The number of ketones is 4. The number of phenolic OH excluding ortho intramolecular Hbond substituents is 1. The Kier molecular flexibility index (Phi) is 6.90. The van der Waals surface area contributed by atoms with Crippen LogP contribution in [-0.4, -0.2) is 94.1 Å². The molecule has 41 heavy (non-hydrogen) atoms. The second kappa shape index (κ2) is 9.66. The molecular weight excluding hydrogens is 554 g/mol. The van der Waals surface area contributed by atoms with E-state index >= 15 is 0 Å². The third kappa shape index (κ3) is 4.29. The number of amides is 1. The molecule has 10 nitrogen and oxygen atoms in total. The number of nitrogens with two attached hydrogens (primary N) is 1. The Labute approximate surface area is 231 Å². The van der Waals surface area contributed by atoms with Crippen molar-refractivity contribution >= 4 is 29.0 Å². The van der Waals surface area contributed by atoms with Crippen LogP contribution in [0, 0.1) is 23.7 Å². The van der Waals surface area contributed by atoms with Gasteiger partial charge in [0.25, 0.3) is 0 Å². The van der Waals surface area contributed by atoms with Gasteiger partial charge >= 0.3 is 6.18 Å². The lowest BCUT2D eigenvalue weighted by molar-refractivity contribution is -0.181. The van der Waals surface area contributed by atoms with E-state index in [2.05, 4.69) is 0 Å². The number of likely N-dealkylation sites (N-methyl/N-ethyl adjacent to an activating group) is 1. The molecule has 1 aliphatic heterocycles. The topological polar surface area (TPSA) is 158 Å². The molecule has 2 unspecified atom stereocenters. The largest absolute Gasteiger partial charge is 0.507 e. The highest BCUT2D eigenvalue weighted by molar-refractivity contribution is 6.32. The average molecular weight is 584 g/mol. The monoisotopic (exact) mass is 583 g/mol. The van der Waals surface area contributed by atoms with Gasteiger partial charge in [-0.25, -0.2) is 4.39 Å². The maximum absolute atomic E-state index is 14.5. The van der Waals surface area contributed by atoms with Crippen LogP contribution in [0.15, 0.2) is 6.07 Å². The summed E-state index contributed by atoms with van der Waals surface area (Å²) in [4.78, 5) is 68.7. The molecule has 3 fully saturated rings. The number of aliphatic hydroxyl groups is 1. The minimum Gasteiger partial charge on any atom is -0.507 e. The number of halogens is 4. The van der Waals surface area contributed by atoms with E-state index in [9.17, 15) is 51.7 Å². The van der Waals surface area contributed by atoms with Crippen molar-refractivity contribution in [2.75, 3.05) is 27.2 Å². The first kappa shape index (κ1) is 29.3. The second-order valence-electron chi connectivity index (χ2n) is 11.7. The Morgan fingerprint density at radius 2 is 1.85 bits per heavy atom. The van der Waals surface area contributed by atoms with E-state index in [1.807, 2.05) is 0 Å². The first-order chi connectivity index (χ1) is 19.0. The highest BCUT2D eigenvalue weighted by atomic mass is 19.4. The number of primary amides is 1. The molecule has 0 radical (unpaired) electrons. The molecule has 4 aliphatic rings. The molecule has 14 heteroatoms. The third-order valence-electron chi connectivity index (χ3n) is 9.04. The summed E-state index contributed by atoms with van der Waals surface area (Å²) in [6.07, 6.45) is -6.93. The number of hydrogen-bond donors (Lipinski definition) is 3. The highest BCUT2D eigenvalue weighted by Crippen LogP contribution is 2.52. The van der Waals surface area contributed by atoms with Gasteiger partial charge in [-0.2, -0.15) is 13.2 Å². The Morgan fingerprint density at radius 1 is 1.20 bits per heavy atom. The normalized spacial score (nSPS) is 34.0. The van der Waals surface area contributed by atoms with E-state index in [1.54, 1.807) is 0 Å². The Balaban J connectivity index is 1.64. The maximum Gasteiger partial charge on any atom is 0.417 e. The Bertz CT molecular complexity index is 1380. The number of likely N-dealkylation sites (tertiary alicyclic amines) is 1. The van der Waals surface area contributed by atoms with Gasteiger partial charge in [0.2, 0.25) is 5.91 Å². The summed E-state index contributed by atoms with van der Waals surface area (Å²) in [5.74, 6) is -13.7. The van der Waals surface area contributed by atoms with Gasteiger partial charge in [-0.1, -0.05) is 0 Å². The number of fused-ring (bicyclic) bond motifs is 3. The number of benzene rings is 1. The molecule has 0 spiro atoms. The van der Waals surface area contributed by atoms with Gasteiger partial charge in [0, 0.05) is 25.6 Å². The van der Waals surface area contributed by atoms with Gasteiger partial charge in [0.15, 0.2) is 34.7 Å². The first-order valence-corrected chi connectivity index (χ1v) is 13.2. The second-order valence-corrected chi connectivity index (χ2v) is 11.7. The summed E-state index contributed by atoms with van der Waals surface area (Å²) in [6.45, 7) is -0.220. The number of carbonyl (C=O) groups is 5. The van der Waals surface area contributed by atoms with Gasteiger partial charge in [0.1, 0.15) is 11.9 Å². The zero-order valence-electron chi connectivity index (χ0n) is 22.2. The lowest BCUT2D eigenvalue weighted by Crippen LogP contribution is -2.74. The van der Waals surface area contributed by atoms with Gasteiger partial charge in [-0.3, -0.25) is 33.8 Å². The van der Waals surface area contributed by atoms with Crippen molar-refractivity contribution in [2.45, 2.75) is 49.8 Å². The minimum atomic E-state index is -4.98. The van der Waals surface area contributed by atoms with E-state index in [0.29, 0.717) is 0 Å². The summed E-state index contributed by atoms with van der Waals surface area (Å²) in [5, 5.41) is 22.3. The summed E-state index contributed by atoms with van der Waals surface area (Å²) in [7, 11) is 2.81. The number of aromatic hydroxyl groups is 1. The predicted octanol–water partition coefficient (Wildman–Crippen LogP) is 0.430. The summed E-state index contributed by atoms with van der Waals surface area (Å²) < 4.78 is 57.3. The average Bonchev–Trinajstić information content (AvgIpc) is 3.24. The van der Waals surface area contributed by atoms with Crippen LogP contribution in [0.2, 0.25) is 0 Å². The van der Waals surface area contributed by atoms with Crippen molar-refractivity contribution in [3.05, 3.63) is 28.3 Å². The zero-order valence-corrected chi connectivity index (χ0v) is 22.2. The molecule has 4 N–H and O–H groups in total. The molecule has 0 aromatic heterocycles. The molecule has 1 saturated heterocycles. The first-order valence-electron chi connectivity index (χ1n) is 13.2. The van der Waals surface area contributed by atoms with Crippen molar-refractivity contribution in [1.82, 2.24) is 9.80 Å². The van der Waals surface area contributed by atoms with Gasteiger partial charge in [0.05, 0.1) is 23.1 Å². The number of alkyl halides is 4. The molecule has 1 heterocycles. The summed E-state index contributed by atoms with van der Waals surface area (Å²) >= 11 is 0. The van der Waals surface area contributed by atoms with E-state index in [1.165, 1.54) is 23.9 Å². The summed E-state index contributed by atoms with van der Waals surface area (Å²) in [5.41, 5.74) is -0.499. The van der Waals surface area contributed by atoms with Crippen LogP contribution >= 0.6 is 0 Å². The molecule has 1 amide bonds. The smallest absolute Gasteiger partial charge is 0.417 e. The lowest BCUT2D eigenvalue weighted by atomic mass is 9.52. The molecule has 222 valence electrons. The maximum atomic E-state index is 14.5. The lowest BCUT2D eigenvalue weighted by Gasteiger charge is -2.52. The number of rotatable bonds is 4. The zero-order chi connectivity index (χ0) is 30.3. The van der Waals surface area contributed by atoms with Crippen molar-refractivity contribution in [3.8, 4) is 5.75 Å². The quantitative estimate of drug-likeness (QED) is 0.338. The van der Waals surface area contributed by atoms with Crippen LogP contribution in [-0.2, 0) is 38.3 Å². The van der Waals surface area contributed by atoms with E-state index in [0.717, 1.165) is 6.07 Å². The minimum absolute atomic E-state index is 0.0895. The Hall–Kier alpha value is -3.23. The standard InChI is InChI=1S/C27H29F4N3O7/c1-33(2)20-14-6-10-5-13-17(15(35)7-11(19(13)27(29,30)31)8-34-4-3-12(28)9-34)21(36)16(10)23(38)26(14,41)24(39)18(22(20)37)25(32)40/h7,10,12,14,16,18,20,35,41H,3-6,8-9H2,1-2H3,(H2,32,40)/t10-,12+,14-,16?,18?,20-,26-/m0/s1. The number of phenols is 1. The molecular formula is C27H29F4N3O7. The van der Waals surface area contributed by atoms with Crippen LogP contribution in [0.4, 0.5) is 17.6 Å². The Morgan fingerprint density at radius 3 is 2.39 bits per heavy atom. The summed E-state index contributed by atoms with van der Waals surface area (Å²) in [6, 6.07) is -0.589. The third-order valence-corrected chi connectivity index (χ3v) is 9.04. The predicted molar refractivity (Wildman–Crippen MR) is 131 cm³/mol. The van der Waals surface area contributed by atoms with E-state index < -0.39 is 106 Å². The van der Waals surface area contributed by atoms with Crippen LogP contribution in [0.3, 0.4) is 0 Å². The molecule has 5 rings (SSSR count). The van der Waals surface area contributed by atoms with Crippen molar-refractivity contribution in [3.63, 3.8) is 0 Å². The van der Waals surface area contributed by atoms with E-state index in [-0.39, 0.29) is 38.0 Å². The van der Waals surface area contributed by atoms with Crippen LogP contribution < -0.4 is 5.73 Å².